The van der Waals surface area contributed by atoms with Crippen LogP contribution in [-0.2, 0) is 4.79 Å². The van der Waals surface area contributed by atoms with Gasteiger partial charge in [-0.1, -0.05) is 30.3 Å². The van der Waals surface area contributed by atoms with Crippen LogP contribution in [0.15, 0.2) is 60.0 Å². The van der Waals surface area contributed by atoms with Gasteiger partial charge in [0.2, 0.25) is 0 Å². The number of halogens is 5. The summed E-state index contributed by atoms with van der Waals surface area (Å²) >= 11 is 6.59. The highest BCUT2D eigenvalue weighted by Gasteiger charge is 2.32. The monoisotopic (exact) mass is 391 g/mol. The Morgan fingerprint density at radius 2 is 1.92 bits per heavy atom. The van der Waals surface area contributed by atoms with Gasteiger partial charge in [0, 0.05) is 0 Å². The molecule has 0 saturated carbocycles. The third-order valence-corrected chi connectivity index (χ3v) is 4.16. The molecule has 0 aliphatic rings. The fourth-order valence-corrected chi connectivity index (χ4v) is 3.03. The molecule has 0 spiro atoms. The first kappa shape index (κ1) is 19.1. The molecular formula is C16H10ClF4NO2S. The van der Waals surface area contributed by atoms with Crippen LogP contribution in [0.1, 0.15) is 0 Å². The molecule has 0 atom stereocenters. The van der Waals surface area contributed by atoms with Gasteiger partial charge in [-0.25, -0.2) is 8.70 Å². The van der Waals surface area contributed by atoms with E-state index in [4.69, 9.17) is 11.6 Å². The average molecular weight is 392 g/mol. The summed E-state index contributed by atoms with van der Waals surface area (Å²) in [4.78, 5) is 12.1. The number of anilines is 1. The van der Waals surface area contributed by atoms with Crippen molar-refractivity contribution in [3.05, 3.63) is 66.0 Å². The van der Waals surface area contributed by atoms with Crippen molar-refractivity contribution in [1.29, 1.82) is 0 Å². The van der Waals surface area contributed by atoms with E-state index >= 15 is 0 Å². The molecule has 0 saturated heterocycles. The van der Waals surface area contributed by atoms with Gasteiger partial charge in [-0.15, -0.1) is 13.2 Å². The summed E-state index contributed by atoms with van der Waals surface area (Å²) < 4.78 is 55.7. The normalized spacial score (nSPS) is 11.1. The van der Waals surface area contributed by atoms with Gasteiger partial charge in [-0.2, -0.15) is 0 Å². The van der Waals surface area contributed by atoms with E-state index in [9.17, 15) is 22.4 Å². The molecule has 0 heterocycles. The third kappa shape index (κ3) is 5.14. The molecule has 0 N–H and O–H groups in total. The van der Waals surface area contributed by atoms with Gasteiger partial charge in [0.15, 0.2) is 0 Å². The van der Waals surface area contributed by atoms with Crippen molar-refractivity contribution in [3.63, 3.8) is 0 Å². The second-order valence-corrected chi connectivity index (χ2v) is 5.91. The Labute approximate surface area is 150 Å². The molecule has 0 aromatic heterocycles. The summed E-state index contributed by atoms with van der Waals surface area (Å²) in [6.07, 6.45) is -3.93. The van der Waals surface area contributed by atoms with E-state index in [1.807, 2.05) is 0 Å². The minimum Gasteiger partial charge on any atom is -0.405 e. The van der Waals surface area contributed by atoms with E-state index in [-0.39, 0.29) is 15.6 Å². The number of nitrogens with zero attached hydrogens (tertiary/aromatic N) is 1. The first-order valence-corrected chi connectivity index (χ1v) is 7.80. The van der Waals surface area contributed by atoms with Crippen molar-refractivity contribution < 1.29 is 27.1 Å². The van der Waals surface area contributed by atoms with E-state index in [1.54, 1.807) is 0 Å². The van der Waals surface area contributed by atoms with Crippen molar-refractivity contribution in [2.45, 2.75) is 11.3 Å². The minimum absolute atomic E-state index is 0.00965. The van der Waals surface area contributed by atoms with Crippen molar-refractivity contribution in [1.82, 2.24) is 0 Å². The van der Waals surface area contributed by atoms with Gasteiger partial charge in [0.1, 0.15) is 11.6 Å². The van der Waals surface area contributed by atoms with Crippen molar-refractivity contribution >= 4 is 35.1 Å². The Balaban J connectivity index is 2.42. The van der Waals surface area contributed by atoms with Crippen LogP contribution in [-0.4, -0.2) is 12.3 Å². The number of para-hydroxylation sites is 1. The quantitative estimate of drug-likeness (QED) is 0.377. The maximum Gasteiger partial charge on any atom is 0.573 e. The molecule has 0 fully saturated rings. The van der Waals surface area contributed by atoms with Crippen LogP contribution in [0, 0.1) is 5.82 Å². The average Bonchev–Trinajstić information content (AvgIpc) is 2.52. The first-order chi connectivity index (χ1) is 11.7. The Morgan fingerprint density at radius 3 is 2.52 bits per heavy atom. The van der Waals surface area contributed by atoms with Gasteiger partial charge < -0.3 is 4.74 Å². The Kier molecular flexibility index (Phi) is 5.97. The van der Waals surface area contributed by atoms with Crippen LogP contribution in [0.5, 0.6) is 5.75 Å². The third-order valence-electron chi connectivity index (χ3n) is 2.77. The van der Waals surface area contributed by atoms with Gasteiger partial charge in [0.25, 0.3) is 5.91 Å². The number of alkyl halides is 3. The standard InChI is InChI=1S/C16H10ClF4NO2S/c1-2-15(23)22(12-8-7-10(18)9-11(12)17)25-14-6-4-3-5-13(14)24-16(19,20)21/h2-9H,1H2. The Morgan fingerprint density at radius 1 is 1.24 bits per heavy atom. The fraction of sp³-hybridized carbons (Fsp3) is 0.0625. The SMILES string of the molecule is C=CC(=O)N(Sc1ccccc1OC(F)(F)F)c1ccc(F)cc1Cl. The highest BCUT2D eigenvalue weighted by molar-refractivity contribution is 8.01. The number of carbonyl (C=O) groups excluding carboxylic acids is 1. The topological polar surface area (TPSA) is 29.5 Å². The zero-order valence-corrected chi connectivity index (χ0v) is 14.0. The zero-order chi connectivity index (χ0) is 18.6. The lowest BCUT2D eigenvalue weighted by atomic mass is 10.3. The van der Waals surface area contributed by atoms with Crippen LogP contribution < -0.4 is 9.04 Å². The lowest BCUT2D eigenvalue weighted by molar-refractivity contribution is -0.275. The highest BCUT2D eigenvalue weighted by Crippen LogP contribution is 2.39. The maximum absolute atomic E-state index is 13.2. The largest absolute Gasteiger partial charge is 0.573 e. The van der Waals surface area contributed by atoms with Crippen LogP contribution in [0.3, 0.4) is 0 Å². The predicted octanol–water partition coefficient (Wildman–Crippen LogP) is 5.60. The summed E-state index contributed by atoms with van der Waals surface area (Å²) in [5, 5.41) is -0.0862. The number of hydrogen-bond acceptors (Lipinski definition) is 3. The number of ether oxygens (including phenoxy) is 1. The molecule has 0 aliphatic carbocycles. The van der Waals surface area contributed by atoms with Crippen molar-refractivity contribution in [3.8, 4) is 5.75 Å². The summed E-state index contributed by atoms with van der Waals surface area (Å²) in [5.41, 5.74) is 0.0970. The number of benzene rings is 2. The smallest absolute Gasteiger partial charge is 0.405 e. The van der Waals surface area contributed by atoms with Gasteiger partial charge in [-0.3, -0.25) is 4.79 Å². The zero-order valence-electron chi connectivity index (χ0n) is 12.4. The number of carbonyl (C=O) groups is 1. The number of rotatable bonds is 5. The first-order valence-electron chi connectivity index (χ1n) is 6.65. The van der Waals surface area contributed by atoms with Crippen molar-refractivity contribution in [2.24, 2.45) is 0 Å². The molecule has 0 bridgehead atoms. The van der Waals surface area contributed by atoms with E-state index in [0.717, 1.165) is 28.6 Å². The summed E-state index contributed by atoms with van der Waals surface area (Å²) in [6, 6.07) is 8.58. The summed E-state index contributed by atoms with van der Waals surface area (Å²) in [7, 11) is 0. The van der Waals surface area contributed by atoms with Crippen LogP contribution in [0.2, 0.25) is 5.02 Å². The van der Waals surface area contributed by atoms with E-state index < -0.39 is 23.8 Å². The molecule has 2 aromatic rings. The molecule has 9 heteroatoms. The maximum atomic E-state index is 13.2. The van der Waals surface area contributed by atoms with Crippen LogP contribution >= 0.6 is 23.5 Å². The molecule has 0 aliphatic heterocycles. The summed E-state index contributed by atoms with van der Waals surface area (Å²) in [5.74, 6) is -1.76. The molecular weight excluding hydrogens is 382 g/mol. The number of hydrogen-bond donors (Lipinski definition) is 0. The molecule has 2 aromatic carbocycles. The second kappa shape index (κ2) is 7.79. The predicted molar refractivity (Wildman–Crippen MR) is 88.1 cm³/mol. The van der Waals surface area contributed by atoms with Gasteiger partial charge >= 0.3 is 6.36 Å². The molecule has 0 unspecified atom stereocenters. The lowest BCUT2D eigenvalue weighted by Gasteiger charge is -2.22. The second-order valence-electron chi connectivity index (χ2n) is 4.52. The fourth-order valence-electron chi connectivity index (χ4n) is 1.77. The molecule has 25 heavy (non-hydrogen) atoms. The van der Waals surface area contributed by atoms with Gasteiger partial charge in [0.05, 0.1) is 15.6 Å². The molecule has 3 nitrogen and oxygen atoms in total. The Hall–Kier alpha value is -2.19. The molecule has 0 radical (unpaired) electrons. The lowest BCUT2D eigenvalue weighted by Crippen LogP contribution is -2.22. The molecule has 2 rings (SSSR count). The van der Waals surface area contributed by atoms with Gasteiger partial charge in [-0.05, 0) is 48.4 Å². The summed E-state index contributed by atoms with van der Waals surface area (Å²) in [6.45, 7) is 3.34. The van der Waals surface area contributed by atoms with E-state index in [1.165, 1.54) is 24.3 Å². The molecule has 132 valence electrons. The molecule has 1 amide bonds. The van der Waals surface area contributed by atoms with Crippen molar-refractivity contribution in [2.75, 3.05) is 4.31 Å². The minimum atomic E-state index is -4.89. The highest BCUT2D eigenvalue weighted by atomic mass is 35.5. The Bertz CT molecular complexity index is 798. The van der Waals surface area contributed by atoms with E-state index in [0.29, 0.717) is 11.9 Å². The van der Waals surface area contributed by atoms with Crippen LogP contribution in [0.25, 0.3) is 0 Å². The number of amides is 1. The van der Waals surface area contributed by atoms with Crippen LogP contribution in [0.4, 0.5) is 23.2 Å². The van der Waals surface area contributed by atoms with E-state index in [2.05, 4.69) is 11.3 Å².